The Hall–Kier alpha value is -0.980. The van der Waals surface area contributed by atoms with Crippen molar-refractivity contribution in [3.63, 3.8) is 0 Å². The molecule has 4 nitrogen and oxygen atoms in total. The highest BCUT2D eigenvalue weighted by atomic mass is 79.9. The summed E-state index contributed by atoms with van der Waals surface area (Å²) in [4.78, 5) is 0. The number of methoxy groups -OCH3 is 2. The van der Waals surface area contributed by atoms with Gasteiger partial charge in [-0.1, -0.05) is 0 Å². The topological polar surface area (TPSA) is 57.6 Å². The molecule has 0 aliphatic carbocycles. The van der Waals surface area contributed by atoms with Crippen LogP contribution >= 0.6 is 31.9 Å². The van der Waals surface area contributed by atoms with Gasteiger partial charge in [-0.3, -0.25) is 0 Å². The Kier molecular flexibility index (Phi) is 4.54. The van der Waals surface area contributed by atoms with Crippen molar-refractivity contribution in [3.8, 4) is 11.5 Å². The smallest absolute Gasteiger partial charge is 0.169 e. The molecule has 0 fully saturated rings. The first-order valence-electron chi connectivity index (χ1n) is 5.49. The van der Waals surface area contributed by atoms with E-state index in [-0.39, 0.29) is 0 Å². The number of nitrogens with two attached hydrogens (primary N) is 1. The van der Waals surface area contributed by atoms with E-state index in [0.717, 1.165) is 10.0 Å². The minimum absolute atomic E-state index is 0.413. The molecule has 0 spiro atoms. The van der Waals surface area contributed by atoms with Crippen LogP contribution < -0.4 is 15.2 Å². The Balaban J connectivity index is 2.47. The molecule has 0 aliphatic rings. The van der Waals surface area contributed by atoms with Gasteiger partial charge >= 0.3 is 0 Å². The molecular formula is C13H13Br2NO3. The highest BCUT2D eigenvalue weighted by Gasteiger charge is 2.21. The second-order valence-corrected chi connectivity index (χ2v) is 5.40. The monoisotopic (exact) mass is 389 g/mol. The van der Waals surface area contributed by atoms with Crippen LogP contribution in [0, 0.1) is 0 Å². The molecule has 1 aromatic heterocycles. The van der Waals surface area contributed by atoms with Crippen LogP contribution in [0.25, 0.3) is 0 Å². The van der Waals surface area contributed by atoms with Gasteiger partial charge in [-0.05, 0) is 56.1 Å². The first-order valence-corrected chi connectivity index (χ1v) is 7.08. The van der Waals surface area contributed by atoms with E-state index in [0.29, 0.717) is 21.9 Å². The Morgan fingerprint density at radius 3 is 2.37 bits per heavy atom. The summed E-state index contributed by atoms with van der Waals surface area (Å²) in [5, 5.41) is 0. The summed E-state index contributed by atoms with van der Waals surface area (Å²) in [6, 6.07) is 6.92. The zero-order valence-corrected chi connectivity index (χ0v) is 13.6. The van der Waals surface area contributed by atoms with Gasteiger partial charge in [-0.2, -0.15) is 0 Å². The minimum Gasteiger partial charge on any atom is -0.495 e. The van der Waals surface area contributed by atoms with Crippen molar-refractivity contribution in [2.75, 3.05) is 14.2 Å². The Labute approximate surface area is 128 Å². The maximum atomic E-state index is 6.21. The van der Waals surface area contributed by atoms with Gasteiger partial charge in [-0.25, -0.2) is 0 Å². The molecule has 1 unspecified atom stereocenters. The zero-order chi connectivity index (χ0) is 14.0. The normalized spacial score (nSPS) is 12.3. The highest BCUT2D eigenvalue weighted by Crippen LogP contribution is 2.40. The van der Waals surface area contributed by atoms with Crippen LogP contribution in [0.15, 0.2) is 37.8 Å². The van der Waals surface area contributed by atoms with Crippen molar-refractivity contribution < 1.29 is 13.9 Å². The largest absolute Gasteiger partial charge is 0.495 e. The van der Waals surface area contributed by atoms with Crippen molar-refractivity contribution in [1.82, 2.24) is 0 Å². The van der Waals surface area contributed by atoms with Gasteiger partial charge in [0, 0.05) is 5.56 Å². The quantitative estimate of drug-likeness (QED) is 0.860. The Morgan fingerprint density at radius 2 is 1.84 bits per heavy atom. The van der Waals surface area contributed by atoms with Crippen LogP contribution in [-0.4, -0.2) is 14.2 Å². The molecule has 1 heterocycles. The van der Waals surface area contributed by atoms with Gasteiger partial charge in [0.15, 0.2) is 4.67 Å². The predicted molar refractivity (Wildman–Crippen MR) is 79.7 cm³/mol. The van der Waals surface area contributed by atoms with Crippen LogP contribution in [0.3, 0.4) is 0 Å². The van der Waals surface area contributed by atoms with E-state index in [9.17, 15) is 0 Å². The number of hydrogen-bond donors (Lipinski definition) is 1. The van der Waals surface area contributed by atoms with Crippen molar-refractivity contribution in [3.05, 3.63) is 44.7 Å². The average Bonchev–Trinajstić information content (AvgIpc) is 2.84. The molecule has 1 atom stereocenters. The lowest BCUT2D eigenvalue weighted by atomic mass is 10.0. The molecule has 0 amide bonds. The van der Waals surface area contributed by atoms with E-state index < -0.39 is 6.04 Å². The third-order valence-electron chi connectivity index (χ3n) is 2.75. The fourth-order valence-corrected chi connectivity index (χ4v) is 2.82. The molecule has 102 valence electrons. The third-order valence-corrected chi connectivity index (χ3v) is 3.93. The molecule has 2 rings (SSSR count). The van der Waals surface area contributed by atoms with Gasteiger partial charge < -0.3 is 19.6 Å². The first kappa shape index (κ1) is 14.4. The lowest BCUT2D eigenvalue weighted by Gasteiger charge is -2.17. The van der Waals surface area contributed by atoms with Gasteiger partial charge in [0.1, 0.15) is 21.7 Å². The average molecular weight is 391 g/mol. The minimum atomic E-state index is -0.413. The molecule has 0 saturated carbocycles. The lowest BCUT2D eigenvalue weighted by molar-refractivity contribution is 0.382. The second-order valence-electron chi connectivity index (χ2n) is 3.82. The number of ether oxygens (including phenoxy) is 2. The highest BCUT2D eigenvalue weighted by molar-refractivity contribution is 9.10. The van der Waals surface area contributed by atoms with Crippen LogP contribution in [-0.2, 0) is 0 Å². The molecule has 0 radical (unpaired) electrons. The first-order chi connectivity index (χ1) is 9.08. The molecule has 2 N–H and O–H groups in total. The standard InChI is InChI=1S/C13H13Br2NO3/c1-17-8-4-3-7(13(18-2)11(8)15)12(16)9-5-6-10(14)19-9/h3-6,12H,16H2,1-2H3. The summed E-state index contributed by atoms with van der Waals surface area (Å²) in [5.74, 6) is 1.98. The maximum absolute atomic E-state index is 6.21. The number of hydrogen-bond acceptors (Lipinski definition) is 4. The number of halogens is 2. The lowest BCUT2D eigenvalue weighted by Crippen LogP contribution is -2.12. The summed E-state index contributed by atoms with van der Waals surface area (Å²) in [6.07, 6.45) is 0. The summed E-state index contributed by atoms with van der Waals surface area (Å²) < 4.78 is 17.5. The predicted octanol–water partition coefficient (Wildman–Crippen LogP) is 3.87. The molecule has 1 aromatic carbocycles. The van der Waals surface area contributed by atoms with Crippen LogP contribution in [0.4, 0.5) is 0 Å². The van der Waals surface area contributed by atoms with E-state index in [1.807, 2.05) is 18.2 Å². The van der Waals surface area contributed by atoms with E-state index >= 15 is 0 Å². The van der Waals surface area contributed by atoms with Crippen molar-refractivity contribution >= 4 is 31.9 Å². The number of rotatable bonds is 4. The summed E-state index contributed by atoms with van der Waals surface area (Å²) in [5.41, 5.74) is 7.03. The molecule has 0 saturated heterocycles. The SMILES string of the molecule is COc1ccc(C(N)c2ccc(Br)o2)c(OC)c1Br. The van der Waals surface area contributed by atoms with E-state index in [2.05, 4.69) is 31.9 Å². The van der Waals surface area contributed by atoms with Crippen molar-refractivity contribution in [1.29, 1.82) is 0 Å². The van der Waals surface area contributed by atoms with E-state index in [4.69, 9.17) is 19.6 Å². The molecule has 6 heteroatoms. The molecule has 0 aliphatic heterocycles. The van der Waals surface area contributed by atoms with Crippen LogP contribution in [0.5, 0.6) is 11.5 Å². The van der Waals surface area contributed by atoms with Crippen LogP contribution in [0.1, 0.15) is 17.4 Å². The van der Waals surface area contributed by atoms with Crippen molar-refractivity contribution in [2.24, 2.45) is 5.73 Å². The zero-order valence-electron chi connectivity index (χ0n) is 10.4. The fraction of sp³-hybridized carbons (Fsp3) is 0.231. The van der Waals surface area contributed by atoms with Gasteiger partial charge in [-0.15, -0.1) is 0 Å². The van der Waals surface area contributed by atoms with Crippen LogP contribution in [0.2, 0.25) is 0 Å². The van der Waals surface area contributed by atoms with Gasteiger partial charge in [0.25, 0.3) is 0 Å². The number of furan rings is 1. The van der Waals surface area contributed by atoms with E-state index in [1.54, 1.807) is 20.3 Å². The third kappa shape index (κ3) is 2.80. The maximum Gasteiger partial charge on any atom is 0.169 e. The second kappa shape index (κ2) is 5.98. The summed E-state index contributed by atoms with van der Waals surface area (Å²) >= 11 is 6.72. The Bertz CT molecular complexity index is 583. The summed E-state index contributed by atoms with van der Waals surface area (Å²) in [6.45, 7) is 0. The summed E-state index contributed by atoms with van der Waals surface area (Å²) in [7, 11) is 3.19. The van der Waals surface area contributed by atoms with E-state index in [1.165, 1.54) is 0 Å². The Morgan fingerprint density at radius 1 is 1.11 bits per heavy atom. The molecule has 2 aromatic rings. The van der Waals surface area contributed by atoms with Crippen molar-refractivity contribution in [2.45, 2.75) is 6.04 Å². The number of benzene rings is 1. The van der Waals surface area contributed by atoms with Gasteiger partial charge in [0.2, 0.25) is 0 Å². The van der Waals surface area contributed by atoms with Gasteiger partial charge in [0.05, 0.1) is 20.3 Å². The molecular weight excluding hydrogens is 378 g/mol. The molecule has 0 bridgehead atoms. The fourth-order valence-electron chi connectivity index (χ4n) is 1.81. The molecule has 19 heavy (non-hydrogen) atoms.